The summed E-state index contributed by atoms with van der Waals surface area (Å²) in [6, 6.07) is 0.997. The van der Waals surface area contributed by atoms with E-state index in [2.05, 4.69) is 67.7 Å². The highest BCUT2D eigenvalue weighted by atomic mass is 28.4. The first-order chi connectivity index (χ1) is 14.8. The number of hydrogen-bond donors (Lipinski definition) is 0. The molecule has 1 aliphatic heterocycles. The average molecular weight is 502 g/mol. The van der Waals surface area contributed by atoms with E-state index in [1.54, 1.807) is 0 Å². The minimum Gasteiger partial charge on any atom is -0.414 e. The maximum atomic E-state index is 12.7. The predicted octanol–water partition coefficient (Wildman–Crippen LogP) is 3.75. The minimum absolute atomic E-state index is 0.00742. The highest BCUT2D eigenvalue weighted by Crippen LogP contribution is 2.42. The molecule has 0 bridgehead atoms. The Labute approximate surface area is 197 Å². The molecule has 0 saturated carbocycles. The SMILES string of the molecule is CC(C)(C)[Si](C)(C)OC[C@H]1O[C@@H](n2ccc(=O)n([N+](=O)[O-])c2=O)C[C@@H]1O[Si](C)(C)C(C)(C)C. The Morgan fingerprint density at radius 1 is 1.09 bits per heavy atom. The quantitative estimate of drug-likeness (QED) is 0.317. The van der Waals surface area contributed by atoms with Crippen LogP contribution in [-0.2, 0) is 13.6 Å². The monoisotopic (exact) mass is 501 g/mol. The van der Waals surface area contributed by atoms with Crippen LogP contribution in [0.2, 0.25) is 36.3 Å². The van der Waals surface area contributed by atoms with Gasteiger partial charge in [-0.3, -0.25) is 9.36 Å². The summed E-state index contributed by atoms with van der Waals surface area (Å²) in [6.45, 7) is 21.8. The van der Waals surface area contributed by atoms with Gasteiger partial charge in [0.25, 0.3) is 0 Å². The fraction of sp³-hybridized carbons (Fsp3) is 0.810. The lowest BCUT2D eigenvalue weighted by Gasteiger charge is -2.40. The molecule has 12 heteroatoms. The lowest BCUT2D eigenvalue weighted by Crippen LogP contribution is -2.48. The minimum atomic E-state index is -2.18. The molecule has 1 fully saturated rings. The lowest BCUT2D eigenvalue weighted by atomic mass is 10.2. The van der Waals surface area contributed by atoms with Gasteiger partial charge in [0.05, 0.1) is 12.7 Å². The number of hydrogen-bond acceptors (Lipinski definition) is 7. The Hall–Kier alpha value is -1.61. The smallest absolute Gasteiger partial charge is 0.394 e. The number of aromatic nitrogens is 2. The summed E-state index contributed by atoms with van der Waals surface area (Å²) in [5.41, 5.74) is -2.04. The van der Waals surface area contributed by atoms with Crippen LogP contribution >= 0.6 is 0 Å². The van der Waals surface area contributed by atoms with Crippen molar-refractivity contribution in [1.29, 1.82) is 0 Å². The van der Waals surface area contributed by atoms with E-state index in [-0.39, 0.29) is 20.9 Å². The third-order valence-electron chi connectivity index (χ3n) is 7.31. The van der Waals surface area contributed by atoms with Crippen molar-refractivity contribution in [2.24, 2.45) is 0 Å². The van der Waals surface area contributed by atoms with Gasteiger partial charge in [-0.25, -0.2) is 14.9 Å². The van der Waals surface area contributed by atoms with Crippen molar-refractivity contribution in [2.45, 2.75) is 103 Å². The van der Waals surface area contributed by atoms with Crippen LogP contribution < -0.4 is 11.2 Å². The summed E-state index contributed by atoms with van der Waals surface area (Å²) in [7, 11) is -4.25. The Kier molecular flexibility index (Phi) is 7.71. The van der Waals surface area contributed by atoms with E-state index in [0.717, 1.165) is 10.6 Å². The number of nitrogens with zero attached hydrogens (tertiary/aromatic N) is 3. The van der Waals surface area contributed by atoms with Gasteiger partial charge in [0.2, 0.25) is 0 Å². The predicted molar refractivity (Wildman–Crippen MR) is 131 cm³/mol. The summed E-state index contributed by atoms with van der Waals surface area (Å²) < 4.78 is 20.3. The molecule has 1 aromatic rings. The zero-order chi connectivity index (χ0) is 25.6. The van der Waals surface area contributed by atoms with E-state index in [0.29, 0.717) is 13.0 Å². The molecule has 2 rings (SSSR count). The molecular formula is C21H39N3O7Si2. The van der Waals surface area contributed by atoms with Crippen molar-refractivity contribution >= 4 is 16.6 Å². The van der Waals surface area contributed by atoms with Crippen molar-refractivity contribution in [1.82, 2.24) is 9.24 Å². The maximum absolute atomic E-state index is 12.7. The van der Waals surface area contributed by atoms with Crippen LogP contribution in [0.4, 0.5) is 0 Å². The van der Waals surface area contributed by atoms with E-state index >= 15 is 0 Å². The van der Waals surface area contributed by atoms with Crippen LogP contribution in [0.1, 0.15) is 54.2 Å². The molecule has 33 heavy (non-hydrogen) atoms. The van der Waals surface area contributed by atoms with E-state index in [1.165, 1.54) is 6.20 Å². The zero-order valence-electron chi connectivity index (χ0n) is 21.5. The third-order valence-corrected chi connectivity index (χ3v) is 16.3. The third kappa shape index (κ3) is 5.91. The van der Waals surface area contributed by atoms with Gasteiger partial charge in [0.1, 0.15) is 12.3 Å². The van der Waals surface area contributed by atoms with Crippen LogP contribution in [0, 0.1) is 10.1 Å². The molecule has 0 N–H and O–H groups in total. The fourth-order valence-corrected chi connectivity index (χ4v) is 5.43. The summed E-state index contributed by atoms with van der Waals surface area (Å²) >= 11 is 0. The van der Waals surface area contributed by atoms with Gasteiger partial charge < -0.3 is 13.6 Å². The molecule has 1 saturated heterocycles. The zero-order valence-corrected chi connectivity index (χ0v) is 23.5. The van der Waals surface area contributed by atoms with Crippen molar-refractivity contribution in [3.63, 3.8) is 0 Å². The largest absolute Gasteiger partial charge is 0.414 e. The normalized spacial score (nSPS) is 22.5. The van der Waals surface area contributed by atoms with Crippen LogP contribution in [-0.4, -0.2) is 49.7 Å². The van der Waals surface area contributed by atoms with Gasteiger partial charge in [0.15, 0.2) is 21.7 Å². The second kappa shape index (κ2) is 9.21. The first-order valence-electron chi connectivity index (χ1n) is 11.2. The Bertz CT molecular complexity index is 989. The molecule has 0 radical (unpaired) electrons. The first kappa shape index (κ1) is 27.6. The second-order valence-electron chi connectivity index (χ2n) is 11.7. The summed E-state index contributed by atoms with van der Waals surface area (Å²) in [6.07, 6.45) is -0.0133. The van der Waals surface area contributed by atoms with Gasteiger partial charge in [0, 0.05) is 23.4 Å². The molecule has 1 aromatic heterocycles. The molecule has 0 aliphatic carbocycles. The van der Waals surface area contributed by atoms with Crippen molar-refractivity contribution in [3.05, 3.63) is 43.2 Å². The highest BCUT2D eigenvalue weighted by Gasteiger charge is 2.47. The van der Waals surface area contributed by atoms with E-state index in [1.807, 2.05) is 0 Å². The molecule has 2 heterocycles. The van der Waals surface area contributed by atoms with Gasteiger partial charge in [-0.05, 0) is 36.3 Å². The van der Waals surface area contributed by atoms with Crippen LogP contribution in [0.5, 0.6) is 0 Å². The molecule has 10 nitrogen and oxygen atoms in total. The Morgan fingerprint density at radius 2 is 1.64 bits per heavy atom. The summed E-state index contributed by atoms with van der Waals surface area (Å²) in [5, 5.41) is 10.2. The number of rotatable bonds is 7. The van der Waals surface area contributed by atoms with Gasteiger partial charge >= 0.3 is 11.2 Å². The highest BCUT2D eigenvalue weighted by molar-refractivity contribution is 6.74. The molecule has 3 atom stereocenters. The Morgan fingerprint density at radius 3 is 2.12 bits per heavy atom. The van der Waals surface area contributed by atoms with Crippen LogP contribution in [0.3, 0.4) is 0 Å². The summed E-state index contributed by atoms with van der Waals surface area (Å²) in [5.74, 6) is 0. The summed E-state index contributed by atoms with van der Waals surface area (Å²) in [4.78, 5) is 35.7. The van der Waals surface area contributed by atoms with Gasteiger partial charge in [-0.15, -0.1) is 0 Å². The van der Waals surface area contributed by atoms with E-state index in [9.17, 15) is 19.7 Å². The number of ether oxygens (including phenoxy) is 1. The maximum Gasteiger partial charge on any atom is 0.394 e. The number of nitro groups is 1. The van der Waals surface area contributed by atoms with E-state index < -0.39 is 45.2 Å². The fourth-order valence-electron chi connectivity index (χ4n) is 3.06. The molecular weight excluding hydrogens is 462 g/mol. The second-order valence-corrected chi connectivity index (χ2v) is 21.3. The molecule has 0 spiro atoms. The molecule has 0 unspecified atom stereocenters. The Balaban J connectivity index is 2.39. The van der Waals surface area contributed by atoms with Crippen molar-refractivity contribution in [2.75, 3.05) is 6.61 Å². The van der Waals surface area contributed by atoms with Crippen LogP contribution in [0.25, 0.3) is 0 Å². The van der Waals surface area contributed by atoms with Gasteiger partial charge in [-0.1, -0.05) is 41.5 Å². The van der Waals surface area contributed by atoms with Gasteiger partial charge in [-0.2, -0.15) is 0 Å². The topological polar surface area (TPSA) is 115 Å². The van der Waals surface area contributed by atoms with Crippen molar-refractivity contribution < 1.29 is 18.6 Å². The average Bonchev–Trinajstić information content (AvgIpc) is 2.99. The molecule has 188 valence electrons. The molecule has 0 aromatic carbocycles. The molecule has 0 amide bonds. The lowest BCUT2D eigenvalue weighted by molar-refractivity contribution is -0.549. The first-order valence-corrected chi connectivity index (χ1v) is 17.1. The van der Waals surface area contributed by atoms with Crippen LogP contribution in [0.15, 0.2) is 21.9 Å². The molecule has 1 aliphatic rings. The standard InChI is InChI=1S/C21H39N3O7Si2/c1-20(2,3)32(7,8)29-14-16-15(31-33(9,10)21(4,5)6)13-18(30-16)22-12-11-17(25)23(19(22)26)24(27)28/h11-12,15-16,18H,13-14H2,1-10H3/t15-,16+,18+/m0/s1. The van der Waals surface area contributed by atoms with E-state index in [4.69, 9.17) is 13.6 Å². The van der Waals surface area contributed by atoms with Crippen molar-refractivity contribution in [3.8, 4) is 0 Å².